The van der Waals surface area contributed by atoms with Gasteiger partial charge < -0.3 is 20.3 Å². The minimum atomic E-state index is -0.260. The molecule has 1 fully saturated rings. The Morgan fingerprint density at radius 2 is 1.82 bits per heavy atom. The fourth-order valence-corrected chi connectivity index (χ4v) is 4.42. The maximum Gasteiger partial charge on any atom is 0.256 e. The highest BCUT2D eigenvalue weighted by molar-refractivity contribution is 7.07. The summed E-state index contributed by atoms with van der Waals surface area (Å²) < 4.78 is 5.39. The molecule has 0 unspecified atom stereocenters. The van der Waals surface area contributed by atoms with Crippen LogP contribution in [0.4, 0.5) is 11.5 Å². The van der Waals surface area contributed by atoms with E-state index in [1.807, 2.05) is 29.0 Å². The Hall–Kier alpha value is -3.69. The van der Waals surface area contributed by atoms with Gasteiger partial charge in [-0.25, -0.2) is 0 Å². The average molecular weight is 462 g/mol. The standard InChI is InChI=1S/C24H23N5O3S/c30-23(25-14-16-7-12-33-15-16)18-3-6-21-20(13-18)22(28-27-21)26-24(31)17-1-4-19(5-2-17)29-8-10-32-11-9-29/h1-7,12-13,15H,8-11,14H2,(H,25,30)(H2,26,27,28,31). The van der Waals surface area contributed by atoms with E-state index in [4.69, 9.17) is 4.74 Å². The summed E-state index contributed by atoms with van der Waals surface area (Å²) in [7, 11) is 0. The molecule has 3 N–H and O–H groups in total. The van der Waals surface area contributed by atoms with E-state index < -0.39 is 0 Å². The van der Waals surface area contributed by atoms with Gasteiger partial charge in [-0.2, -0.15) is 16.4 Å². The van der Waals surface area contributed by atoms with Crippen molar-refractivity contribution >= 4 is 45.6 Å². The van der Waals surface area contributed by atoms with Crippen LogP contribution in [0, 0.1) is 0 Å². The van der Waals surface area contributed by atoms with E-state index >= 15 is 0 Å². The first-order valence-corrected chi connectivity index (χ1v) is 11.6. The summed E-state index contributed by atoms with van der Waals surface area (Å²) in [5.74, 6) is -0.0516. The summed E-state index contributed by atoms with van der Waals surface area (Å²) in [6, 6.07) is 14.7. The van der Waals surface area contributed by atoms with E-state index in [0.717, 1.165) is 29.9 Å². The highest BCUT2D eigenvalue weighted by Crippen LogP contribution is 2.23. The number of aromatic amines is 1. The number of amides is 2. The molecule has 1 saturated heterocycles. The van der Waals surface area contributed by atoms with Gasteiger partial charge in [-0.05, 0) is 64.9 Å². The van der Waals surface area contributed by atoms with Crippen LogP contribution in [-0.2, 0) is 11.3 Å². The van der Waals surface area contributed by atoms with Gasteiger partial charge in [-0.1, -0.05) is 0 Å². The van der Waals surface area contributed by atoms with Crippen molar-refractivity contribution in [3.05, 3.63) is 76.0 Å². The third-order valence-electron chi connectivity index (χ3n) is 5.60. The number of nitrogens with zero attached hydrogens (tertiary/aromatic N) is 2. The predicted molar refractivity (Wildman–Crippen MR) is 129 cm³/mol. The molecule has 4 aromatic rings. The van der Waals surface area contributed by atoms with Crippen molar-refractivity contribution in [2.45, 2.75) is 6.54 Å². The number of carbonyl (C=O) groups excluding carboxylic acids is 2. The number of hydrogen-bond donors (Lipinski definition) is 3. The van der Waals surface area contributed by atoms with Gasteiger partial charge in [-0.3, -0.25) is 14.7 Å². The molecule has 2 aromatic heterocycles. The van der Waals surface area contributed by atoms with Crippen LogP contribution in [0.1, 0.15) is 26.3 Å². The van der Waals surface area contributed by atoms with Gasteiger partial charge in [0.05, 0.1) is 18.7 Å². The van der Waals surface area contributed by atoms with Gasteiger partial charge in [0.25, 0.3) is 11.8 Å². The van der Waals surface area contributed by atoms with Crippen LogP contribution in [-0.4, -0.2) is 48.3 Å². The summed E-state index contributed by atoms with van der Waals surface area (Å²) in [5.41, 5.74) is 3.91. The first-order chi connectivity index (χ1) is 16.2. The molecule has 3 heterocycles. The van der Waals surface area contributed by atoms with Crippen molar-refractivity contribution in [3.63, 3.8) is 0 Å². The Kier molecular flexibility index (Phi) is 6.05. The lowest BCUT2D eigenvalue weighted by Gasteiger charge is -2.28. The Labute approximate surface area is 194 Å². The van der Waals surface area contributed by atoms with Crippen LogP contribution in [0.15, 0.2) is 59.3 Å². The number of carbonyl (C=O) groups is 2. The van der Waals surface area contributed by atoms with Crippen LogP contribution >= 0.6 is 11.3 Å². The highest BCUT2D eigenvalue weighted by Gasteiger charge is 2.15. The smallest absolute Gasteiger partial charge is 0.256 e. The van der Waals surface area contributed by atoms with Crippen LogP contribution in [0.25, 0.3) is 10.9 Å². The van der Waals surface area contributed by atoms with Crippen LogP contribution in [0.5, 0.6) is 0 Å². The molecule has 0 aliphatic carbocycles. The van der Waals surface area contributed by atoms with Gasteiger partial charge in [0.2, 0.25) is 0 Å². The topological polar surface area (TPSA) is 99.3 Å². The number of nitrogens with one attached hydrogen (secondary N) is 3. The molecule has 168 valence electrons. The minimum absolute atomic E-state index is 0.180. The maximum atomic E-state index is 12.8. The van der Waals surface area contributed by atoms with Crippen molar-refractivity contribution in [2.24, 2.45) is 0 Å². The number of fused-ring (bicyclic) bond motifs is 1. The molecule has 2 aromatic carbocycles. The van der Waals surface area contributed by atoms with E-state index in [0.29, 0.717) is 42.1 Å². The number of anilines is 2. The number of H-pyrrole nitrogens is 1. The van der Waals surface area contributed by atoms with Gasteiger partial charge in [-0.15, -0.1) is 0 Å². The molecule has 5 rings (SSSR count). The first kappa shape index (κ1) is 21.2. The lowest BCUT2D eigenvalue weighted by Crippen LogP contribution is -2.36. The van der Waals surface area contributed by atoms with Gasteiger partial charge >= 0.3 is 0 Å². The molecular formula is C24H23N5O3S. The number of aromatic nitrogens is 2. The van der Waals surface area contributed by atoms with Crippen LogP contribution in [0.2, 0.25) is 0 Å². The molecule has 0 bridgehead atoms. The number of benzene rings is 2. The maximum absolute atomic E-state index is 12.8. The molecule has 0 radical (unpaired) electrons. The summed E-state index contributed by atoms with van der Waals surface area (Å²) in [5, 5.41) is 17.6. The van der Waals surface area contributed by atoms with Gasteiger partial charge in [0.15, 0.2) is 5.82 Å². The molecule has 0 atom stereocenters. The Morgan fingerprint density at radius 1 is 1.03 bits per heavy atom. The molecule has 1 aliphatic rings. The van der Waals surface area contributed by atoms with Crippen LogP contribution in [0.3, 0.4) is 0 Å². The summed E-state index contributed by atoms with van der Waals surface area (Å²) in [4.78, 5) is 27.6. The largest absolute Gasteiger partial charge is 0.378 e. The monoisotopic (exact) mass is 461 g/mol. The second-order valence-corrected chi connectivity index (χ2v) is 8.53. The normalized spacial score (nSPS) is 13.8. The third kappa shape index (κ3) is 4.74. The summed E-state index contributed by atoms with van der Waals surface area (Å²) in [6.45, 7) is 3.57. The molecule has 9 heteroatoms. The number of thiophene rings is 1. The van der Waals surface area contributed by atoms with E-state index in [2.05, 4.69) is 25.7 Å². The van der Waals surface area contributed by atoms with E-state index in [-0.39, 0.29) is 11.8 Å². The molecule has 8 nitrogen and oxygen atoms in total. The van der Waals surface area contributed by atoms with Crippen molar-refractivity contribution in [3.8, 4) is 0 Å². The second kappa shape index (κ2) is 9.43. The number of rotatable bonds is 6. The molecule has 2 amide bonds. The van der Waals surface area contributed by atoms with E-state index in [9.17, 15) is 9.59 Å². The zero-order valence-corrected chi connectivity index (χ0v) is 18.7. The molecule has 0 saturated carbocycles. The van der Waals surface area contributed by atoms with Crippen molar-refractivity contribution in [2.75, 3.05) is 36.5 Å². The molecular weight excluding hydrogens is 438 g/mol. The summed E-state index contributed by atoms with van der Waals surface area (Å²) in [6.07, 6.45) is 0. The quantitative estimate of drug-likeness (QED) is 0.407. The second-order valence-electron chi connectivity index (χ2n) is 7.75. The molecule has 1 aliphatic heterocycles. The van der Waals surface area contributed by atoms with Crippen molar-refractivity contribution in [1.29, 1.82) is 0 Å². The number of morpholine rings is 1. The van der Waals surface area contributed by atoms with Crippen LogP contribution < -0.4 is 15.5 Å². The Bertz CT molecular complexity index is 1260. The Morgan fingerprint density at radius 3 is 2.58 bits per heavy atom. The fraction of sp³-hybridized carbons (Fsp3) is 0.208. The van der Waals surface area contributed by atoms with Gasteiger partial charge in [0.1, 0.15) is 0 Å². The molecule has 33 heavy (non-hydrogen) atoms. The Balaban J connectivity index is 1.28. The molecule has 0 spiro atoms. The minimum Gasteiger partial charge on any atom is -0.378 e. The number of ether oxygens (including phenoxy) is 1. The SMILES string of the molecule is O=C(NCc1ccsc1)c1ccc2[nH]nc(NC(=O)c3ccc(N4CCOCC4)cc3)c2c1. The number of hydrogen-bond acceptors (Lipinski definition) is 6. The first-order valence-electron chi connectivity index (χ1n) is 10.7. The fourth-order valence-electron chi connectivity index (χ4n) is 3.75. The van der Waals surface area contributed by atoms with Crippen molar-refractivity contribution in [1.82, 2.24) is 15.5 Å². The third-order valence-corrected chi connectivity index (χ3v) is 6.33. The van der Waals surface area contributed by atoms with E-state index in [1.165, 1.54) is 0 Å². The van der Waals surface area contributed by atoms with E-state index in [1.54, 1.807) is 41.7 Å². The zero-order valence-electron chi connectivity index (χ0n) is 17.8. The average Bonchev–Trinajstić information content (AvgIpc) is 3.53. The summed E-state index contributed by atoms with van der Waals surface area (Å²) >= 11 is 1.59. The van der Waals surface area contributed by atoms with Gasteiger partial charge in [0, 0.05) is 41.8 Å². The lowest BCUT2D eigenvalue weighted by molar-refractivity contribution is 0.0950. The zero-order chi connectivity index (χ0) is 22.6. The lowest BCUT2D eigenvalue weighted by atomic mass is 10.1. The predicted octanol–water partition coefficient (Wildman–Crippen LogP) is 3.64. The highest BCUT2D eigenvalue weighted by atomic mass is 32.1. The van der Waals surface area contributed by atoms with Crippen molar-refractivity contribution < 1.29 is 14.3 Å².